The van der Waals surface area contributed by atoms with Gasteiger partial charge >= 0.3 is 5.97 Å². The maximum absolute atomic E-state index is 13.2. The Bertz CT molecular complexity index is 1270. The molecule has 0 bridgehead atoms. The Kier molecular flexibility index (Phi) is 8.48. The van der Waals surface area contributed by atoms with E-state index in [2.05, 4.69) is 48.4 Å². The SMILES string of the molecule is CCOC(=O)c1ccc2c(c1)NC(=O)C2C(=Nc1ccc(CN(C)CCN(C)C)cc1)c1ccccc1. The first-order valence-corrected chi connectivity index (χ1v) is 12.5. The highest BCUT2D eigenvalue weighted by molar-refractivity contribution is 6.24. The number of ether oxygens (including phenoxy) is 1. The zero-order chi connectivity index (χ0) is 26.4. The fourth-order valence-electron chi connectivity index (χ4n) is 4.36. The number of esters is 1. The molecule has 4 rings (SSSR count). The van der Waals surface area contributed by atoms with Crippen molar-refractivity contribution in [1.29, 1.82) is 0 Å². The number of carbonyl (C=O) groups excluding carboxylic acids is 2. The summed E-state index contributed by atoms with van der Waals surface area (Å²) >= 11 is 0. The van der Waals surface area contributed by atoms with Crippen molar-refractivity contribution in [2.24, 2.45) is 4.99 Å². The Balaban J connectivity index is 1.63. The number of rotatable bonds is 10. The minimum absolute atomic E-state index is 0.169. The van der Waals surface area contributed by atoms with Gasteiger partial charge < -0.3 is 19.9 Å². The molecule has 1 N–H and O–H groups in total. The number of carbonyl (C=O) groups is 2. The van der Waals surface area contributed by atoms with E-state index in [0.29, 0.717) is 23.6 Å². The molecule has 1 amide bonds. The molecule has 37 heavy (non-hydrogen) atoms. The van der Waals surface area contributed by atoms with E-state index in [1.807, 2.05) is 48.5 Å². The summed E-state index contributed by atoms with van der Waals surface area (Å²) in [6, 6.07) is 23.1. The van der Waals surface area contributed by atoms with Crippen molar-refractivity contribution < 1.29 is 14.3 Å². The van der Waals surface area contributed by atoms with Crippen LogP contribution in [0.25, 0.3) is 0 Å². The lowest BCUT2D eigenvalue weighted by atomic mass is 9.90. The molecule has 0 fully saturated rings. The predicted molar refractivity (Wildman–Crippen MR) is 148 cm³/mol. The first kappa shape index (κ1) is 26.3. The quantitative estimate of drug-likeness (QED) is 0.324. The highest BCUT2D eigenvalue weighted by Crippen LogP contribution is 2.37. The number of hydrogen-bond acceptors (Lipinski definition) is 6. The lowest BCUT2D eigenvalue weighted by Gasteiger charge is -2.19. The third-order valence-corrected chi connectivity index (χ3v) is 6.31. The van der Waals surface area contributed by atoms with E-state index in [9.17, 15) is 9.59 Å². The van der Waals surface area contributed by atoms with E-state index in [1.54, 1.807) is 19.1 Å². The number of nitrogens with one attached hydrogen (secondary N) is 1. The average molecular weight is 499 g/mol. The first-order chi connectivity index (χ1) is 17.9. The maximum Gasteiger partial charge on any atom is 0.338 e. The molecule has 7 nitrogen and oxygen atoms in total. The molecule has 0 saturated carbocycles. The summed E-state index contributed by atoms with van der Waals surface area (Å²) in [5.41, 5.74) is 5.33. The van der Waals surface area contributed by atoms with Crippen molar-refractivity contribution >= 4 is 29.0 Å². The molecule has 0 aliphatic carbocycles. The number of benzene rings is 3. The zero-order valence-corrected chi connectivity index (χ0v) is 21.9. The summed E-state index contributed by atoms with van der Waals surface area (Å²) in [6.45, 7) is 4.90. The molecule has 3 aromatic rings. The third-order valence-electron chi connectivity index (χ3n) is 6.31. The van der Waals surface area contributed by atoms with Crippen molar-refractivity contribution in [3.63, 3.8) is 0 Å². The van der Waals surface area contributed by atoms with E-state index >= 15 is 0 Å². The third kappa shape index (κ3) is 6.50. The van der Waals surface area contributed by atoms with Crippen LogP contribution < -0.4 is 5.32 Å². The second kappa shape index (κ2) is 12.0. The summed E-state index contributed by atoms with van der Waals surface area (Å²) in [4.78, 5) is 34.8. The number of anilines is 1. The molecule has 1 unspecified atom stereocenters. The average Bonchev–Trinajstić information content (AvgIpc) is 3.22. The normalized spacial score (nSPS) is 15.1. The molecule has 0 saturated heterocycles. The smallest absolute Gasteiger partial charge is 0.338 e. The van der Waals surface area contributed by atoms with Crippen molar-refractivity contribution in [2.75, 3.05) is 46.2 Å². The summed E-state index contributed by atoms with van der Waals surface area (Å²) in [6.07, 6.45) is 0. The molecule has 1 aliphatic heterocycles. The number of likely N-dealkylation sites (N-methyl/N-ethyl adjacent to an activating group) is 2. The van der Waals surface area contributed by atoms with Crippen molar-refractivity contribution in [3.8, 4) is 0 Å². The lowest BCUT2D eigenvalue weighted by Crippen LogP contribution is -2.28. The van der Waals surface area contributed by atoms with E-state index in [0.717, 1.165) is 36.4 Å². The topological polar surface area (TPSA) is 74.2 Å². The Morgan fingerprint density at radius 1 is 0.946 bits per heavy atom. The molecule has 1 heterocycles. The molecule has 3 aromatic carbocycles. The number of nitrogens with zero attached hydrogens (tertiary/aromatic N) is 3. The molecule has 0 spiro atoms. The van der Waals surface area contributed by atoms with Crippen molar-refractivity contribution in [1.82, 2.24) is 9.80 Å². The lowest BCUT2D eigenvalue weighted by molar-refractivity contribution is -0.115. The molecular formula is C30H34N4O3. The molecule has 1 atom stereocenters. The van der Waals surface area contributed by atoms with E-state index in [4.69, 9.17) is 9.73 Å². The van der Waals surface area contributed by atoms with Gasteiger partial charge in [0.05, 0.1) is 23.6 Å². The van der Waals surface area contributed by atoms with Crippen LogP contribution in [0.15, 0.2) is 77.8 Å². The monoisotopic (exact) mass is 498 g/mol. The van der Waals surface area contributed by atoms with Crippen LogP contribution in [0.3, 0.4) is 0 Å². The van der Waals surface area contributed by atoms with Crippen LogP contribution >= 0.6 is 0 Å². The van der Waals surface area contributed by atoms with Crippen LogP contribution in [-0.2, 0) is 16.1 Å². The van der Waals surface area contributed by atoms with Gasteiger partial charge in [-0.2, -0.15) is 0 Å². The fraction of sp³-hybridized carbons (Fsp3) is 0.300. The molecule has 0 radical (unpaired) electrons. The molecule has 0 aromatic heterocycles. The summed E-state index contributed by atoms with van der Waals surface area (Å²) < 4.78 is 5.11. The highest BCUT2D eigenvalue weighted by Gasteiger charge is 2.36. The first-order valence-electron chi connectivity index (χ1n) is 12.5. The minimum atomic E-state index is -0.592. The number of hydrogen-bond donors (Lipinski definition) is 1. The maximum atomic E-state index is 13.2. The predicted octanol–water partition coefficient (Wildman–Crippen LogP) is 4.71. The van der Waals surface area contributed by atoms with Gasteiger partial charge in [0.2, 0.25) is 5.91 Å². The summed E-state index contributed by atoms with van der Waals surface area (Å²) in [5, 5.41) is 2.93. The van der Waals surface area contributed by atoms with Gasteiger partial charge in [0, 0.05) is 25.3 Å². The van der Waals surface area contributed by atoms with Gasteiger partial charge in [0.15, 0.2) is 0 Å². The van der Waals surface area contributed by atoms with Gasteiger partial charge in [0.1, 0.15) is 5.92 Å². The second-order valence-corrected chi connectivity index (χ2v) is 9.52. The van der Waals surface area contributed by atoms with Gasteiger partial charge in [0.25, 0.3) is 0 Å². The zero-order valence-electron chi connectivity index (χ0n) is 21.9. The Labute approximate surface area is 218 Å². The Morgan fingerprint density at radius 2 is 1.68 bits per heavy atom. The van der Waals surface area contributed by atoms with E-state index < -0.39 is 11.9 Å². The summed E-state index contributed by atoms with van der Waals surface area (Å²) in [5.74, 6) is -1.17. The fourth-order valence-corrected chi connectivity index (χ4v) is 4.36. The van der Waals surface area contributed by atoms with Crippen LogP contribution in [0.5, 0.6) is 0 Å². The number of aliphatic imine (C=N–C) groups is 1. The Morgan fingerprint density at radius 3 is 2.35 bits per heavy atom. The van der Waals surface area contributed by atoms with Crippen molar-refractivity contribution in [3.05, 3.63) is 95.1 Å². The van der Waals surface area contributed by atoms with E-state index in [1.165, 1.54) is 5.56 Å². The minimum Gasteiger partial charge on any atom is -0.462 e. The summed E-state index contributed by atoms with van der Waals surface area (Å²) in [7, 11) is 6.27. The molecule has 192 valence electrons. The molecule has 1 aliphatic rings. The van der Waals surface area contributed by atoms with Gasteiger partial charge in [-0.15, -0.1) is 0 Å². The van der Waals surface area contributed by atoms with Gasteiger partial charge in [-0.1, -0.05) is 48.5 Å². The van der Waals surface area contributed by atoms with Crippen LogP contribution in [0, 0.1) is 0 Å². The van der Waals surface area contributed by atoms with Gasteiger partial charge in [-0.3, -0.25) is 9.79 Å². The number of fused-ring (bicyclic) bond motifs is 1. The van der Waals surface area contributed by atoms with Gasteiger partial charge in [-0.25, -0.2) is 4.79 Å². The standard InChI is InChI=1S/C30H34N4O3/c1-5-37-30(36)23-13-16-25-26(19-23)32-29(35)27(25)28(22-9-7-6-8-10-22)31-24-14-11-21(12-15-24)20-34(4)18-17-33(2)3/h6-16,19,27H,5,17-18,20H2,1-4H3,(H,32,35). The van der Waals surface area contributed by atoms with Gasteiger partial charge in [-0.05, 0) is 69.0 Å². The van der Waals surface area contributed by atoms with Crippen molar-refractivity contribution in [2.45, 2.75) is 19.4 Å². The second-order valence-electron chi connectivity index (χ2n) is 9.52. The van der Waals surface area contributed by atoms with Crippen LogP contribution in [0.4, 0.5) is 11.4 Å². The molecular weight excluding hydrogens is 464 g/mol. The molecule has 7 heteroatoms. The van der Waals surface area contributed by atoms with Crippen LogP contribution in [0.2, 0.25) is 0 Å². The number of amides is 1. The highest BCUT2D eigenvalue weighted by atomic mass is 16.5. The largest absolute Gasteiger partial charge is 0.462 e. The van der Waals surface area contributed by atoms with E-state index in [-0.39, 0.29) is 5.91 Å². The Hall–Kier alpha value is -3.81. The van der Waals surface area contributed by atoms with Crippen LogP contribution in [-0.4, -0.2) is 68.2 Å². The van der Waals surface area contributed by atoms with Crippen LogP contribution in [0.1, 0.15) is 39.9 Å².